The van der Waals surface area contributed by atoms with Gasteiger partial charge in [0.1, 0.15) is 0 Å². The first kappa shape index (κ1) is 22.6. The fourth-order valence-electron chi connectivity index (χ4n) is 3.36. The van der Waals surface area contributed by atoms with Gasteiger partial charge < -0.3 is 0 Å². The van der Waals surface area contributed by atoms with Crippen LogP contribution in [0, 0.1) is 0 Å². The zero-order chi connectivity index (χ0) is 17.8. The predicted molar refractivity (Wildman–Crippen MR) is 117 cm³/mol. The van der Waals surface area contributed by atoms with Crippen molar-refractivity contribution < 1.29 is 0 Å². The average molecular weight is 363 g/mol. The van der Waals surface area contributed by atoms with E-state index < -0.39 is 0 Å². The molecular weight excluding hydrogens is 320 g/mol. The summed E-state index contributed by atoms with van der Waals surface area (Å²) >= 11 is 2.01. The van der Waals surface area contributed by atoms with Crippen LogP contribution in [-0.2, 0) is 0 Å². The number of hydrogen-bond acceptors (Lipinski definition) is 1. The van der Waals surface area contributed by atoms with Gasteiger partial charge in [-0.15, -0.1) is 11.8 Å². The highest BCUT2D eigenvalue weighted by atomic mass is 32.2. The molecule has 0 aliphatic heterocycles. The Hall–Kier alpha value is -0.430. The molecule has 0 amide bonds. The number of benzene rings is 1. The number of thioether (sulfide) groups is 1. The molecule has 1 rings (SSSR count). The minimum atomic E-state index is 1.28. The summed E-state index contributed by atoms with van der Waals surface area (Å²) in [6.07, 6.45) is 23.2. The Balaban J connectivity index is 1.69. The van der Waals surface area contributed by atoms with Gasteiger partial charge in [0.2, 0.25) is 0 Å². The van der Waals surface area contributed by atoms with Gasteiger partial charge in [-0.05, 0) is 24.3 Å². The molecule has 1 aromatic rings. The highest BCUT2D eigenvalue weighted by molar-refractivity contribution is 7.99. The van der Waals surface area contributed by atoms with Crippen molar-refractivity contribution in [1.82, 2.24) is 0 Å². The van der Waals surface area contributed by atoms with Gasteiger partial charge in [-0.25, -0.2) is 0 Å². The van der Waals surface area contributed by atoms with E-state index in [1.54, 1.807) is 0 Å². The van der Waals surface area contributed by atoms with Crippen molar-refractivity contribution in [3.63, 3.8) is 0 Å². The third-order valence-corrected chi connectivity index (χ3v) is 6.11. The van der Waals surface area contributed by atoms with Crippen LogP contribution in [-0.4, -0.2) is 5.75 Å². The van der Waals surface area contributed by atoms with Gasteiger partial charge in [0.15, 0.2) is 0 Å². The lowest BCUT2D eigenvalue weighted by Crippen LogP contribution is -1.84. The topological polar surface area (TPSA) is 0 Å². The van der Waals surface area contributed by atoms with Crippen LogP contribution in [0.15, 0.2) is 35.2 Å². The Morgan fingerprint density at radius 3 is 1.36 bits per heavy atom. The van der Waals surface area contributed by atoms with E-state index in [1.807, 2.05) is 11.8 Å². The summed E-state index contributed by atoms with van der Waals surface area (Å²) in [5.41, 5.74) is 0. The largest absolute Gasteiger partial charge is 0.126 e. The van der Waals surface area contributed by atoms with Gasteiger partial charge in [0.05, 0.1) is 0 Å². The lowest BCUT2D eigenvalue weighted by atomic mass is 10.0. The summed E-state index contributed by atoms with van der Waals surface area (Å²) < 4.78 is 0. The van der Waals surface area contributed by atoms with Gasteiger partial charge in [-0.1, -0.05) is 121 Å². The van der Waals surface area contributed by atoms with E-state index in [2.05, 4.69) is 37.3 Å². The highest BCUT2D eigenvalue weighted by Gasteiger charge is 1.96. The Labute approximate surface area is 162 Å². The summed E-state index contributed by atoms with van der Waals surface area (Å²) in [7, 11) is 0. The maximum absolute atomic E-state index is 2.30. The Bertz CT molecular complexity index is 360. The molecule has 1 heteroatoms. The zero-order valence-electron chi connectivity index (χ0n) is 16.8. The molecule has 0 bridgehead atoms. The Morgan fingerprint density at radius 1 is 0.520 bits per heavy atom. The minimum Gasteiger partial charge on any atom is -0.126 e. The van der Waals surface area contributed by atoms with Gasteiger partial charge in [-0.2, -0.15) is 0 Å². The third-order valence-electron chi connectivity index (χ3n) is 5.01. The van der Waals surface area contributed by atoms with E-state index >= 15 is 0 Å². The SMILES string of the molecule is CCCCCCCCCCCCCCCCCCSc1ccccc1. The molecule has 0 N–H and O–H groups in total. The van der Waals surface area contributed by atoms with Crippen LogP contribution in [0.3, 0.4) is 0 Å². The van der Waals surface area contributed by atoms with Crippen molar-refractivity contribution in [3.05, 3.63) is 30.3 Å². The van der Waals surface area contributed by atoms with Crippen molar-refractivity contribution in [2.45, 2.75) is 115 Å². The van der Waals surface area contributed by atoms with Crippen molar-refractivity contribution >= 4 is 11.8 Å². The lowest BCUT2D eigenvalue weighted by Gasteiger charge is -2.04. The molecule has 0 atom stereocenters. The molecule has 0 spiro atoms. The van der Waals surface area contributed by atoms with E-state index in [1.165, 1.54) is 113 Å². The first-order valence-corrected chi connectivity index (χ1v) is 12.1. The summed E-state index contributed by atoms with van der Waals surface area (Å²) in [5.74, 6) is 1.28. The van der Waals surface area contributed by atoms with Gasteiger partial charge >= 0.3 is 0 Å². The predicted octanol–water partition coefficient (Wildman–Crippen LogP) is 9.04. The van der Waals surface area contributed by atoms with Crippen LogP contribution in [0.5, 0.6) is 0 Å². The molecule has 0 unspecified atom stereocenters. The molecule has 144 valence electrons. The third kappa shape index (κ3) is 15.5. The molecular formula is C24H42S. The van der Waals surface area contributed by atoms with Crippen LogP contribution in [0.1, 0.15) is 110 Å². The second kappa shape index (κ2) is 18.4. The minimum absolute atomic E-state index is 1.28. The number of rotatable bonds is 18. The molecule has 25 heavy (non-hydrogen) atoms. The van der Waals surface area contributed by atoms with E-state index in [0.717, 1.165) is 0 Å². The van der Waals surface area contributed by atoms with Crippen LogP contribution in [0.25, 0.3) is 0 Å². The second-order valence-corrected chi connectivity index (χ2v) is 8.63. The summed E-state index contributed by atoms with van der Waals surface area (Å²) in [5, 5.41) is 0. The summed E-state index contributed by atoms with van der Waals surface area (Å²) in [6.45, 7) is 2.30. The summed E-state index contributed by atoms with van der Waals surface area (Å²) in [4.78, 5) is 1.42. The van der Waals surface area contributed by atoms with E-state index in [9.17, 15) is 0 Å². The quantitative estimate of drug-likeness (QED) is 0.185. The molecule has 0 saturated heterocycles. The van der Waals surface area contributed by atoms with Gasteiger partial charge in [0, 0.05) is 4.90 Å². The van der Waals surface area contributed by atoms with Crippen molar-refractivity contribution in [3.8, 4) is 0 Å². The first-order valence-electron chi connectivity index (χ1n) is 11.1. The Kier molecular flexibility index (Phi) is 16.6. The van der Waals surface area contributed by atoms with Gasteiger partial charge in [0.25, 0.3) is 0 Å². The van der Waals surface area contributed by atoms with E-state index in [0.29, 0.717) is 0 Å². The molecule has 0 aromatic heterocycles. The maximum atomic E-state index is 2.30. The van der Waals surface area contributed by atoms with Crippen molar-refractivity contribution in [1.29, 1.82) is 0 Å². The molecule has 0 fully saturated rings. The maximum Gasteiger partial charge on any atom is 0.00719 e. The fourth-order valence-corrected chi connectivity index (χ4v) is 4.29. The van der Waals surface area contributed by atoms with Crippen molar-refractivity contribution in [2.24, 2.45) is 0 Å². The Morgan fingerprint density at radius 2 is 0.920 bits per heavy atom. The average Bonchev–Trinajstić information content (AvgIpc) is 2.65. The monoisotopic (exact) mass is 362 g/mol. The number of hydrogen-bond donors (Lipinski definition) is 0. The fraction of sp³-hybridized carbons (Fsp3) is 0.750. The summed E-state index contributed by atoms with van der Waals surface area (Å²) in [6, 6.07) is 10.8. The normalized spacial score (nSPS) is 11.1. The van der Waals surface area contributed by atoms with Crippen LogP contribution < -0.4 is 0 Å². The highest BCUT2D eigenvalue weighted by Crippen LogP contribution is 2.19. The standard InChI is InChI=1S/C24H42S/c1-2-3-4-5-6-7-8-9-10-11-12-13-14-15-16-20-23-25-24-21-18-17-19-22-24/h17-19,21-22H,2-16,20,23H2,1H3. The molecule has 0 nitrogen and oxygen atoms in total. The van der Waals surface area contributed by atoms with Crippen LogP contribution in [0.4, 0.5) is 0 Å². The molecule has 0 aliphatic rings. The lowest BCUT2D eigenvalue weighted by molar-refractivity contribution is 0.531. The molecule has 0 aliphatic carbocycles. The van der Waals surface area contributed by atoms with E-state index in [-0.39, 0.29) is 0 Å². The molecule has 1 aromatic carbocycles. The second-order valence-electron chi connectivity index (χ2n) is 7.46. The number of unbranched alkanes of at least 4 members (excludes halogenated alkanes) is 15. The molecule has 0 heterocycles. The van der Waals surface area contributed by atoms with E-state index in [4.69, 9.17) is 0 Å². The molecule has 0 saturated carbocycles. The first-order chi connectivity index (χ1) is 12.4. The zero-order valence-corrected chi connectivity index (χ0v) is 17.6. The van der Waals surface area contributed by atoms with Crippen LogP contribution in [0.2, 0.25) is 0 Å². The molecule has 0 radical (unpaired) electrons. The smallest absolute Gasteiger partial charge is 0.00719 e. The van der Waals surface area contributed by atoms with Crippen molar-refractivity contribution in [2.75, 3.05) is 5.75 Å². The van der Waals surface area contributed by atoms with Gasteiger partial charge in [-0.3, -0.25) is 0 Å². The van der Waals surface area contributed by atoms with Crippen LogP contribution >= 0.6 is 11.8 Å².